The molecule has 1 rings (SSSR count). The van der Waals surface area contributed by atoms with Gasteiger partial charge in [0.25, 0.3) is 5.69 Å². The first-order chi connectivity index (χ1) is 7.94. The third-order valence-corrected chi connectivity index (χ3v) is 2.21. The lowest BCUT2D eigenvalue weighted by atomic mass is 10.0. The summed E-state index contributed by atoms with van der Waals surface area (Å²) < 4.78 is 74.8. The Morgan fingerprint density at radius 2 is 1.33 bits per heavy atom. The molecule has 0 bridgehead atoms. The molecule has 0 saturated carbocycles. The van der Waals surface area contributed by atoms with Gasteiger partial charge in [0.05, 0.1) is 16.1 Å². The molecule has 1 aromatic rings. The van der Waals surface area contributed by atoms with Crippen LogP contribution >= 0.6 is 0 Å². The molecule has 3 nitrogen and oxygen atoms in total. The molecule has 0 saturated heterocycles. The second-order valence-electron chi connectivity index (χ2n) is 3.42. The van der Waals surface area contributed by atoms with Gasteiger partial charge in [0.15, 0.2) is 0 Å². The maximum Gasteiger partial charge on any atom is 0.416 e. The van der Waals surface area contributed by atoms with Gasteiger partial charge >= 0.3 is 12.4 Å². The highest BCUT2D eigenvalue weighted by atomic mass is 19.4. The van der Waals surface area contributed by atoms with Gasteiger partial charge in [-0.05, 0) is 12.5 Å². The fraction of sp³-hybridized carbons (Fsp3) is 0.333. The summed E-state index contributed by atoms with van der Waals surface area (Å²) in [4.78, 5) is 9.04. The van der Waals surface area contributed by atoms with E-state index in [2.05, 4.69) is 0 Å². The van der Waals surface area contributed by atoms with Crippen LogP contribution < -0.4 is 0 Å². The number of hydrogen-bond donors (Lipinski definition) is 0. The third-order valence-electron chi connectivity index (χ3n) is 2.21. The van der Waals surface area contributed by atoms with E-state index in [0.29, 0.717) is 6.92 Å². The normalized spacial score (nSPS) is 12.6. The van der Waals surface area contributed by atoms with Gasteiger partial charge in [-0.1, -0.05) is 0 Å². The summed E-state index contributed by atoms with van der Waals surface area (Å²) >= 11 is 0. The first-order valence-electron chi connectivity index (χ1n) is 4.38. The van der Waals surface area contributed by atoms with Crippen LogP contribution in [0.5, 0.6) is 0 Å². The van der Waals surface area contributed by atoms with Gasteiger partial charge in [-0.25, -0.2) is 0 Å². The molecule has 0 fully saturated rings. The summed E-state index contributed by atoms with van der Waals surface area (Å²) in [5.74, 6) is 0. The fourth-order valence-electron chi connectivity index (χ4n) is 1.39. The molecule has 0 radical (unpaired) electrons. The van der Waals surface area contributed by atoms with Crippen molar-refractivity contribution in [2.75, 3.05) is 0 Å². The number of nitro groups is 1. The molecule has 0 aliphatic rings. The Kier molecular flexibility index (Phi) is 3.28. The predicted molar refractivity (Wildman–Crippen MR) is 47.8 cm³/mol. The van der Waals surface area contributed by atoms with Crippen molar-refractivity contribution in [1.82, 2.24) is 0 Å². The molecule has 0 aliphatic heterocycles. The maximum atomic E-state index is 12.5. The molecule has 0 heterocycles. The minimum atomic E-state index is -5.09. The monoisotopic (exact) mass is 273 g/mol. The van der Waals surface area contributed by atoms with Crippen molar-refractivity contribution in [1.29, 1.82) is 0 Å². The second kappa shape index (κ2) is 4.14. The molecule has 0 spiro atoms. The zero-order valence-corrected chi connectivity index (χ0v) is 8.69. The van der Waals surface area contributed by atoms with Gasteiger partial charge in [-0.3, -0.25) is 10.1 Å². The van der Waals surface area contributed by atoms with Crippen molar-refractivity contribution in [2.24, 2.45) is 0 Å². The summed E-state index contributed by atoms with van der Waals surface area (Å²) in [5.41, 5.74) is -5.66. The Morgan fingerprint density at radius 3 is 1.56 bits per heavy atom. The van der Waals surface area contributed by atoms with Crippen LogP contribution in [0.3, 0.4) is 0 Å². The minimum absolute atomic E-state index is 0.0879. The Labute approximate surface area is 96.2 Å². The number of benzene rings is 1. The lowest BCUT2D eigenvalue weighted by Gasteiger charge is -2.15. The highest BCUT2D eigenvalue weighted by Crippen LogP contribution is 2.41. The van der Waals surface area contributed by atoms with E-state index in [1.54, 1.807) is 0 Å². The molecule has 100 valence electrons. The van der Waals surface area contributed by atoms with Gasteiger partial charge < -0.3 is 0 Å². The van der Waals surface area contributed by atoms with Gasteiger partial charge in [0.2, 0.25) is 0 Å². The van der Waals surface area contributed by atoms with Crippen LogP contribution in [-0.4, -0.2) is 4.92 Å². The van der Waals surface area contributed by atoms with Crippen LogP contribution in [0.1, 0.15) is 16.7 Å². The van der Waals surface area contributed by atoms with Crippen LogP contribution in [0.4, 0.5) is 32.0 Å². The van der Waals surface area contributed by atoms with Crippen molar-refractivity contribution < 1.29 is 31.3 Å². The first kappa shape index (κ1) is 14.3. The largest absolute Gasteiger partial charge is 0.416 e. The number of hydrogen-bond acceptors (Lipinski definition) is 2. The molecule has 18 heavy (non-hydrogen) atoms. The first-order valence-corrected chi connectivity index (χ1v) is 4.38. The van der Waals surface area contributed by atoms with Crippen molar-refractivity contribution in [2.45, 2.75) is 19.3 Å². The van der Waals surface area contributed by atoms with Crippen molar-refractivity contribution in [3.8, 4) is 0 Å². The van der Waals surface area contributed by atoms with Crippen LogP contribution in [-0.2, 0) is 12.4 Å². The number of nitrogens with zero attached hydrogens (tertiary/aromatic N) is 1. The molecule has 0 aromatic heterocycles. The standard InChI is InChI=1S/C9H5F6NO2/c1-4-6(8(10,11)12)2-5(16(17)18)3-7(4)9(13,14)15/h2-3H,1H3. The number of non-ortho nitro benzene ring substituents is 1. The van der Waals surface area contributed by atoms with Gasteiger partial charge in [0.1, 0.15) is 0 Å². The van der Waals surface area contributed by atoms with Crippen LogP contribution in [0.15, 0.2) is 12.1 Å². The minimum Gasteiger partial charge on any atom is -0.258 e. The smallest absolute Gasteiger partial charge is 0.258 e. The Hall–Kier alpha value is -1.80. The molecule has 0 aliphatic carbocycles. The lowest BCUT2D eigenvalue weighted by Crippen LogP contribution is -2.15. The summed E-state index contributed by atoms with van der Waals surface area (Å²) in [6.45, 7) is 0.620. The van der Waals surface area contributed by atoms with Crippen LogP contribution in [0, 0.1) is 17.0 Å². The number of alkyl halides is 6. The number of nitro benzene ring substituents is 1. The van der Waals surface area contributed by atoms with E-state index < -0.39 is 39.7 Å². The molecular formula is C9H5F6NO2. The van der Waals surface area contributed by atoms with E-state index in [4.69, 9.17) is 0 Å². The second-order valence-corrected chi connectivity index (χ2v) is 3.42. The molecule has 0 amide bonds. The summed E-state index contributed by atoms with van der Waals surface area (Å²) in [6, 6.07) is 0.176. The maximum absolute atomic E-state index is 12.5. The molecular weight excluding hydrogens is 268 g/mol. The number of rotatable bonds is 1. The van der Waals surface area contributed by atoms with E-state index in [0.717, 1.165) is 0 Å². The van der Waals surface area contributed by atoms with Gasteiger partial charge in [-0.2, -0.15) is 26.3 Å². The summed E-state index contributed by atoms with van der Waals surface area (Å²) in [7, 11) is 0. The topological polar surface area (TPSA) is 43.1 Å². The summed E-state index contributed by atoms with van der Waals surface area (Å²) in [6.07, 6.45) is -10.2. The zero-order chi connectivity index (χ0) is 14.3. The molecule has 1 aromatic carbocycles. The molecule has 0 unspecified atom stereocenters. The van der Waals surface area contributed by atoms with Crippen molar-refractivity contribution in [3.63, 3.8) is 0 Å². The average molecular weight is 273 g/mol. The SMILES string of the molecule is Cc1c(C(F)(F)F)cc([N+](=O)[O-])cc1C(F)(F)F. The highest BCUT2D eigenvalue weighted by Gasteiger charge is 2.41. The fourth-order valence-corrected chi connectivity index (χ4v) is 1.39. The molecule has 9 heteroatoms. The molecule has 0 atom stereocenters. The highest BCUT2D eigenvalue weighted by molar-refractivity contribution is 5.47. The van der Waals surface area contributed by atoms with Gasteiger partial charge in [0, 0.05) is 12.1 Å². The average Bonchev–Trinajstić information content (AvgIpc) is 2.13. The number of halogens is 6. The van der Waals surface area contributed by atoms with E-state index in [-0.39, 0.29) is 12.1 Å². The lowest BCUT2D eigenvalue weighted by molar-refractivity contribution is -0.385. The van der Waals surface area contributed by atoms with E-state index in [1.165, 1.54) is 0 Å². The quantitative estimate of drug-likeness (QED) is 0.442. The van der Waals surface area contributed by atoms with Crippen molar-refractivity contribution >= 4 is 5.69 Å². The Balaban J connectivity index is 3.64. The predicted octanol–water partition coefficient (Wildman–Crippen LogP) is 3.94. The van der Waals surface area contributed by atoms with Gasteiger partial charge in [-0.15, -0.1) is 0 Å². The Bertz CT molecular complexity index is 456. The van der Waals surface area contributed by atoms with Crippen LogP contribution in [0.2, 0.25) is 0 Å². The van der Waals surface area contributed by atoms with Crippen LogP contribution in [0.25, 0.3) is 0 Å². The van der Waals surface area contributed by atoms with Crippen molar-refractivity contribution in [3.05, 3.63) is 38.9 Å². The van der Waals surface area contributed by atoms with E-state index >= 15 is 0 Å². The zero-order valence-electron chi connectivity index (χ0n) is 8.69. The van der Waals surface area contributed by atoms with E-state index in [1.807, 2.05) is 0 Å². The van der Waals surface area contributed by atoms with E-state index in [9.17, 15) is 36.5 Å². The molecule has 0 N–H and O–H groups in total. The Morgan fingerprint density at radius 1 is 1.00 bits per heavy atom. The summed E-state index contributed by atoms with van der Waals surface area (Å²) in [5, 5.41) is 10.3. The third kappa shape index (κ3) is 2.71.